The van der Waals surface area contributed by atoms with E-state index < -0.39 is 12.6 Å². The monoisotopic (exact) mass is 303 g/mol. The molecule has 1 aliphatic rings. The number of rotatable bonds is 4. The van der Waals surface area contributed by atoms with Crippen LogP contribution in [0.15, 0.2) is 24.3 Å². The van der Waals surface area contributed by atoms with Crippen LogP contribution < -0.4 is 5.32 Å². The minimum Gasteiger partial charge on any atom is -0.316 e. The van der Waals surface area contributed by atoms with Crippen molar-refractivity contribution in [2.45, 2.75) is 44.7 Å². The van der Waals surface area contributed by atoms with Crippen molar-refractivity contribution < 1.29 is 17.6 Å². The molecule has 0 aromatic heterocycles. The first-order chi connectivity index (χ1) is 9.80. The normalized spacial score (nSPS) is 26.8. The van der Waals surface area contributed by atoms with E-state index in [4.69, 9.17) is 0 Å². The fraction of sp³-hybridized carbons (Fsp3) is 0.625. The van der Waals surface area contributed by atoms with Crippen molar-refractivity contribution in [1.29, 1.82) is 0 Å². The van der Waals surface area contributed by atoms with Crippen molar-refractivity contribution >= 4 is 0 Å². The first-order valence-electron chi connectivity index (χ1n) is 7.33. The van der Waals surface area contributed by atoms with E-state index in [1.165, 1.54) is 12.1 Å². The van der Waals surface area contributed by atoms with E-state index in [0.29, 0.717) is 6.42 Å². The van der Waals surface area contributed by atoms with Gasteiger partial charge in [0.05, 0.1) is 0 Å². The van der Waals surface area contributed by atoms with Gasteiger partial charge in [0.15, 0.2) is 0 Å². The third-order valence-electron chi connectivity index (χ3n) is 4.54. The molecule has 2 unspecified atom stereocenters. The molecular weight excluding hydrogens is 282 g/mol. The number of nitrogens with one attached hydrogen (secondary N) is 1. The maximum atomic E-state index is 13.0. The fourth-order valence-electron chi connectivity index (χ4n) is 3.25. The molecule has 1 aliphatic heterocycles. The summed E-state index contributed by atoms with van der Waals surface area (Å²) in [5.74, 6) is -0.165. The molecule has 2 rings (SSSR count). The summed E-state index contributed by atoms with van der Waals surface area (Å²) < 4.78 is 50.1. The van der Waals surface area contributed by atoms with E-state index in [2.05, 4.69) is 12.2 Å². The van der Waals surface area contributed by atoms with Crippen molar-refractivity contribution in [3.05, 3.63) is 35.6 Å². The average molecular weight is 303 g/mol. The molecule has 118 valence electrons. The van der Waals surface area contributed by atoms with Crippen LogP contribution in [0.3, 0.4) is 0 Å². The number of hydrogen-bond donors (Lipinski definition) is 1. The van der Waals surface area contributed by atoms with Crippen LogP contribution in [0.2, 0.25) is 0 Å². The van der Waals surface area contributed by atoms with Gasteiger partial charge in [0, 0.05) is 18.9 Å². The summed E-state index contributed by atoms with van der Waals surface area (Å²) >= 11 is 0. The van der Waals surface area contributed by atoms with Crippen LogP contribution in [0.4, 0.5) is 17.6 Å². The molecule has 1 fully saturated rings. The van der Waals surface area contributed by atoms with Gasteiger partial charge in [-0.1, -0.05) is 19.1 Å². The third kappa shape index (κ3) is 4.43. The molecule has 1 aromatic rings. The third-order valence-corrected chi connectivity index (χ3v) is 4.54. The molecule has 1 heterocycles. The maximum Gasteiger partial charge on any atom is 0.389 e. The van der Waals surface area contributed by atoms with Gasteiger partial charge in [0.1, 0.15) is 5.82 Å². The predicted octanol–water partition coefficient (Wildman–Crippen LogP) is 4.64. The Morgan fingerprint density at radius 2 is 1.90 bits per heavy atom. The molecule has 5 heteroatoms. The molecule has 0 aliphatic carbocycles. The van der Waals surface area contributed by atoms with Crippen LogP contribution in [0, 0.1) is 11.2 Å². The lowest BCUT2D eigenvalue weighted by Gasteiger charge is -2.42. The van der Waals surface area contributed by atoms with Gasteiger partial charge in [-0.05, 0) is 48.9 Å². The summed E-state index contributed by atoms with van der Waals surface area (Å²) in [6, 6.07) is 6.32. The van der Waals surface area contributed by atoms with E-state index in [1.807, 2.05) is 0 Å². The van der Waals surface area contributed by atoms with Crippen molar-refractivity contribution in [3.8, 4) is 0 Å². The number of piperidine rings is 1. The number of halogens is 4. The standard InChI is InChI=1S/C16H21F4N/c1-15(7-2-8-16(18,19)20)9-10-21-11-14(15)12-3-5-13(17)6-4-12/h3-6,14,21H,2,7-11H2,1H3. The molecule has 0 bridgehead atoms. The van der Waals surface area contributed by atoms with Gasteiger partial charge in [-0.25, -0.2) is 4.39 Å². The minimum atomic E-state index is -4.09. The highest BCUT2D eigenvalue weighted by molar-refractivity contribution is 5.24. The van der Waals surface area contributed by atoms with Crippen LogP contribution in [0.1, 0.15) is 44.1 Å². The summed E-state index contributed by atoms with van der Waals surface area (Å²) in [7, 11) is 0. The Labute approximate surface area is 122 Å². The molecule has 0 radical (unpaired) electrons. The SMILES string of the molecule is CC1(CCCC(F)(F)F)CCNCC1c1ccc(F)cc1. The Morgan fingerprint density at radius 1 is 1.24 bits per heavy atom. The average Bonchev–Trinajstić information content (AvgIpc) is 2.39. The van der Waals surface area contributed by atoms with Gasteiger partial charge in [-0.15, -0.1) is 0 Å². The molecule has 1 N–H and O–H groups in total. The van der Waals surface area contributed by atoms with Gasteiger partial charge in [-0.2, -0.15) is 13.2 Å². The van der Waals surface area contributed by atoms with E-state index in [0.717, 1.165) is 25.1 Å². The lowest BCUT2D eigenvalue weighted by atomic mass is 9.66. The zero-order valence-corrected chi connectivity index (χ0v) is 12.1. The van der Waals surface area contributed by atoms with E-state index in [-0.39, 0.29) is 23.6 Å². The minimum absolute atomic E-state index is 0.125. The molecule has 21 heavy (non-hydrogen) atoms. The Kier molecular flexibility index (Phi) is 4.91. The second-order valence-electron chi connectivity index (χ2n) is 6.18. The number of hydrogen-bond acceptors (Lipinski definition) is 1. The van der Waals surface area contributed by atoms with Crippen LogP contribution in [-0.2, 0) is 0 Å². The first-order valence-corrected chi connectivity index (χ1v) is 7.33. The highest BCUT2D eigenvalue weighted by Crippen LogP contribution is 2.45. The van der Waals surface area contributed by atoms with Crippen molar-refractivity contribution in [3.63, 3.8) is 0 Å². The quantitative estimate of drug-likeness (QED) is 0.799. The Morgan fingerprint density at radius 3 is 2.52 bits per heavy atom. The number of benzene rings is 1. The van der Waals surface area contributed by atoms with E-state index in [9.17, 15) is 17.6 Å². The summed E-state index contributed by atoms with van der Waals surface area (Å²) in [4.78, 5) is 0. The topological polar surface area (TPSA) is 12.0 Å². The highest BCUT2D eigenvalue weighted by atomic mass is 19.4. The van der Waals surface area contributed by atoms with Crippen molar-refractivity contribution in [1.82, 2.24) is 5.32 Å². The predicted molar refractivity (Wildman–Crippen MR) is 74.6 cm³/mol. The molecule has 0 amide bonds. The van der Waals surface area contributed by atoms with Crippen molar-refractivity contribution in [2.75, 3.05) is 13.1 Å². The molecule has 0 spiro atoms. The fourth-order valence-corrected chi connectivity index (χ4v) is 3.25. The highest BCUT2D eigenvalue weighted by Gasteiger charge is 2.38. The van der Waals surface area contributed by atoms with Crippen LogP contribution in [0.5, 0.6) is 0 Å². The number of alkyl halides is 3. The Bertz CT molecular complexity index is 454. The summed E-state index contributed by atoms with van der Waals surface area (Å²) in [6.07, 6.45) is -3.29. The van der Waals surface area contributed by atoms with Gasteiger partial charge >= 0.3 is 6.18 Å². The second-order valence-corrected chi connectivity index (χ2v) is 6.18. The Hall–Kier alpha value is -1.10. The lowest BCUT2D eigenvalue weighted by molar-refractivity contribution is -0.137. The molecule has 1 saturated heterocycles. The molecule has 1 nitrogen and oxygen atoms in total. The van der Waals surface area contributed by atoms with Crippen LogP contribution >= 0.6 is 0 Å². The van der Waals surface area contributed by atoms with Gasteiger partial charge < -0.3 is 5.32 Å². The van der Waals surface area contributed by atoms with Crippen molar-refractivity contribution in [2.24, 2.45) is 5.41 Å². The van der Waals surface area contributed by atoms with Gasteiger partial charge in [0.25, 0.3) is 0 Å². The van der Waals surface area contributed by atoms with Crippen LogP contribution in [-0.4, -0.2) is 19.3 Å². The van der Waals surface area contributed by atoms with Crippen LogP contribution in [0.25, 0.3) is 0 Å². The molecule has 1 aromatic carbocycles. The first kappa shape index (κ1) is 16.3. The molecular formula is C16H21F4N. The summed E-state index contributed by atoms with van der Waals surface area (Å²) in [6.45, 7) is 3.60. The smallest absolute Gasteiger partial charge is 0.316 e. The molecule has 0 saturated carbocycles. The molecule has 2 atom stereocenters. The maximum absolute atomic E-state index is 13.0. The van der Waals surface area contributed by atoms with E-state index in [1.54, 1.807) is 12.1 Å². The van der Waals surface area contributed by atoms with E-state index >= 15 is 0 Å². The zero-order chi connectivity index (χ0) is 15.5. The summed E-state index contributed by atoms with van der Waals surface area (Å²) in [5, 5.41) is 3.29. The lowest BCUT2D eigenvalue weighted by Crippen LogP contribution is -2.42. The summed E-state index contributed by atoms with van der Waals surface area (Å²) in [5.41, 5.74) is 0.826. The zero-order valence-electron chi connectivity index (χ0n) is 12.1. The van der Waals surface area contributed by atoms with Gasteiger partial charge in [0.2, 0.25) is 0 Å². The Balaban J connectivity index is 2.08. The van der Waals surface area contributed by atoms with Gasteiger partial charge in [-0.3, -0.25) is 0 Å². The second kappa shape index (κ2) is 6.34. The largest absolute Gasteiger partial charge is 0.389 e.